The van der Waals surface area contributed by atoms with E-state index in [9.17, 15) is 0 Å². The van der Waals surface area contributed by atoms with Gasteiger partial charge in [-0.2, -0.15) is 0 Å². The first kappa shape index (κ1) is 11.9. The summed E-state index contributed by atoms with van der Waals surface area (Å²) in [7, 11) is 0. The van der Waals surface area contributed by atoms with Crippen LogP contribution in [-0.4, -0.2) is 0 Å². The molecule has 1 N–H and O–H groups in total. The van der Waals surface area contributed by atoms with Crippen LogP contribution < -0.4 is 5.32 Å². The van der Waals surface area contributed by atoms with Gasteiger partial charge in [-0.1, -0.05) is 35.3 Å². The Bertz CT molecular complexity index is 590. The average molecular weight is 278 g/mol. The minimum atomic E-state index is 0.314. The monoisotopic (exact) mass is 277 g/mol. The molecule has 2 aromatic carbocycles. The molecule has 0 fully saturated rings. The van der Waals surface area contributed by atoms with E-state index in [2.05, 4.69) is 24.4 Å². The number of benzene rings is 2. The number of nitrogens with one attached hydrogen (secondary N) is 1. The van der Waals surface area contributed by atoms with Crippen molar-refractivity contribution in [1.29, 1.82) is 0 Å². The second-order valence-electron chi connectivity index (χ2n) is 4.71. The van der Waals surface area contributed by atoms with E-state index in [-0.39, 0.29) is 0 Å². The molecule has 1 nitrogen and oxygen atoms in total. The molecule has 3 heteroatoms. The third-order valence-electron chi connectivity index (χ3n) is 3.40. The molecule has 0 aliphatic carbocycles. The fraction of sp³-hybridized carbons (Fsp3) is 0.200. The Morgan fingerprint density at radius 2 is 1.78 bits per heavy atom. The van der Waals surface area contributed by atoms with Crippen molar-refractivity contribution in [2.75, 3.05) is 5.32 Å². The molecular formula is C15H13Cl2N. The smallest absolute Gasteiger partial charge is 0.0555 e. The summed E-state index contributed by atoms with van der Waals surface area (Å²) in [6.45, 7) is 2.09. The zero-order chi connectivity index (χ0) is 12.7. The summed E-state index contributed by atoms with van der Waals surface area (Å²) in [6.07, 6.45) is 0.971. The Morgan fingerprint density at radius 1 is 1.06 bits per heavy atom. The Labute approximate surface area is 117 Å². The molecule has 18 heavy (non-hydrogen) atoms. The fourth-order valence-electron chi connectivity index (χ4n) is 2.52. The first-order valence-electron chi connectivity index (χ1n) is 5.94. The largest absolute Gasteiger partial charge is 0.377 e. The summed E-state index contributed by atoms with van der Waals surface area (Å²) in [6, 6.07) is 12.4. The maximum absolute atomic E-state index is 6.10. The van der Waals surface area contributed by atoms with E-state index >= 15 is 0 Å². The zero-order valence-electron chi connectivity index (χ0n) is 10.0. The minimum Gasteiger partial charge on any atom is -0.377 e. The molecule has 0 bridgehead atoms. The Morgan fingerprint density at radius 3 is 2.50 bits per heavy atom. The molecule has 0 saturated heterocycles. The number of aryl methyl sites for hydroxylation is 1. The van der Waals surface area contributed by atoms with Gasteiger partial charge in [0, 0.05) is 15.7 Å². The van der Waals surface area contributed by atoms with Crippen LogP contribution in [0.25, 0.3) is 0 Å². The number of anilines is 1. The van der Waals surface area contributed by atoms with Crippen LogP contribution >= 0.6 is 23.2 Å². The van der Waals surface area contributed by atoms with Gasteiger partial charge in [0.2, 0.25) is 0 Å². The van der Waals surface area contributed by atoms with Crippen LogP contribution in [0, 0.1) is 6.92 Å². The number of hydrogen-bond acceptors (Lipinski definition) is 1. The summed E-state index contributed by atoms with van der Waals surface area (Å²) >= 11 is 12.0. The van der Waals surface area contributed by atoms with E-state index < -0.39 is 0 Å². The minimum absolute atomic E-state index is 0.314. The van der Waals surface area contributed by atoms with Crippen molar-refractivity contribution in [3.8, 4) is 0 Å². The average Bonchev–Trinajstić information content (AvgIpc) is 2.74. The molecule has 1 aliphatic rings. The lowest BCUT2D eigenvalue weighted by molar-refractivity contribution is 0.824. The van der Waals surface area contributed by atoms with E-state index in [1.807, 2.05) is 24.3 Å². The van der Waals surface area contributed by atoms with Gasteiger partial charge in [0.15, 0.2) is 0 Å². The lowest BCUT2D eigenvalue weighted by Gasteiger charge is -2.12. The second-order valence-corrected chi connectivity index (χ2v) is 5.58. The fourth-order valence-corrected chi connectivity index (χ4v) is 2.94. The number of rotatable bonds is 1. The molecule has 1 unspecified atom stereocenters. The van der Waals surface area contributed by atoms with Crippen LogP contribution in [0.4, 0.5) is 5.69 Å². The molecular weight excluding hydrogens is 265 g/mol. The first-order valence-corrected chi connectivity index (χ1v) is 6.70. The van der Waals surface area contributed by atoms with Crippen LogP contribution in [0.15, 0.2) is 36.4 Å². The van der Waals surface area contributed by atoms with Crippen LogP contribution in [0.5, 0.6) is 0 Å². The van der Waals surface area contributed by atoms with Gasteiger partial charge in [0.25, 0.3) is 0 Å². The van der Waals surface area contributed by atoms with Crippen molar-refractivity contribution in [1.82, 2.24) is 0 Å². The quantitative estimate of drug-likeness (QED) is 0.773. The van der Waals surface area contributed by atoms with Gasteiger partial charge in [0.05, 0.1) is 6.04 Å². The standard InChI is InChI=1S/C15H13Cl2N/c1-9-6-13(17)7-11-8-14(18-15(9)11)10-2-4-12(16)5-3-10/h2-7,14,18H,8H2,1H3. The summed E-state index contributed by atoms with van der Waals surface area (Å²) in [4.78, 5) is 0. The highest BCUT2D eigenvalue weighted by Gasteiger charge is 2.23. The number of halogens is 2. The SMILES string of the molecule is Cc1cc(Cl)cc2c1NC(c1ccc(Cl)cc1)C2. The predicted octanol–water partition coefficient (Wildman–Crippen LogP) is 5.01. The highest BCUT2D eigenvalue weighted by atomic mass is 35.5. The lowest BCUT2D eigenvalue weighted by Crippen LogP contribution is -2.05. The Hall–Kier alpha value is -1.18. The molecule has 0 saturated carbocycles. The van der Waals surface area contributed by atoms with Crippen molar-refractivity contribution >= 4 is 28.9 Å². The van der Waals surface area contributed by atoms with Crippen LogP contribution in [0.1, 0.15) is 22.7 Å². The first-order chi connectivity index (χ1) is 8.63. The molecule has 0 radical (unpaired) electrons. The van der Waals surface area contributed by atoms with Gasteiger partial charge in [0.1, 0.15) is 0 Å². The highest BCUT2D eigenvalue weighted by molar-refractivity contribution is 6.31. The van der Waals surface area contributed by atoms with Gasteiger partial charge in [-0.3, -0.25) is 0 Å². The molecule has 3 rings (SSSR count). The third-order valence-corrected chi connectivity index (χ3v) is 3.87. The van der Waals surface area contributed by atoms with Crippen LogP contribution in [-0.2, 0) is 6.42 Å². The molecule has 0 spiro atoms. The molecule has 0 amide bonds. The predicted molar refractivity (Wildman–Crippen MR) is 77.7 cm³/mol. The lowest BCUT2D eigenvalue weighted by atomic mass is 10.0. The highest BCUT2D eigenvalue weighted by Crippen LogP contribution is 2.38. The van der Waals surface area contributed by atoms with Crippen molar-refractivity contribution < 1.29 is 0 Å². The van der Waals surface area contributed by atoms with Crippen molar-refractivity contribution in [3.63, 3.8) is 0 Å². The summed E-state index contributed by atoms with van der Waals surface area (Å²) in [5.41, 5.74) is 4.97. The summed E-state index contributed by atoms with van der Waals surface area (Å²) < 4.78 is 0. The number of hydrogen-bond donors (Lipinski definition) is 1. The molecule has 0 aromatic heterocycles. The molecule has 92 valence electrons. The molecule has 1 atom stereocenters. The number of fused-ring (bicyclic) bond motifs is 1. The molecule has 1 aliphatic heterocycles. The van der Waals surface area contributed by atoms with Crippen LogP contribution in [0.3, 0.4) is 0 Å². The maximum Gasteiger partial charge on any atom is 0.0555 e. The summed E-state index contributed by atoms with van der Waals surface area (Å²) in [5.74, 6) is 0. The van der Waals surface area contributed by atoms with Gasteiger partial charge in [-0.05, 0) is 54.3 Å². The van der Waals surface area contributed by atoms with E-state index in [0.29, 0.717) is 6.04 Å². The second kappa shape index (κ2) is 4.49. The topological polar surface area (TPSA) is 12.0 Å². The molecule has 1 heterocycles. The Balaban J connectivity index is 1.93. The van der Waals surface area contributed by atoms with Crippen LogP contribution in [0.2, 0.25) is 10.0 Å². The van der Waals surface area contributed by atoms with Gasteiger partial charge in [-0.15, -0.1) is 0 Å². The van der Waals surface area contributed by atoms with Crippen molar-refractivity contribution in [2.45, 2.75) is 19.4 Å². The van der Waals surface area contributed by atoms with Gasteiger partial charge in [-0.25, -0.2) is 0 Å². The van der Waals surface area contributed by atoms with E-state index in [1.54, 1.807) is 0 Å². The van der Waals surface area contributed by atoms with Gasteiger partial charge < -0.3 is 5.32 Å². The molecule has 2 aromatic rings. The maximum atomic E-state index is 6.10. The normalized spacial score (nSPS) is 17.4. The zero-order valence-corrected chi connectivity index (χ0v) is 11.5. The van der Waals surface area contributed by atoms with E-state index in [4.69, 9.17) is 23.2 Å². The van der Waals surface area contributed by atoms with Crippen molar-refractivity contribution in [2.24, 2.45) is 0 Å². The van der Waals surface area contributed by atoms with E-state index in [0.717, 1.165) is 16.5 Å². The van der Waals surface area contributed by atoms with Crippen molar-refractivity contribution in [3.05, 3.63) is 63.1 Å². The van der Waals surface area contributed by atoms with Gasteiger partial charge >= 0.3 is 0 Å². The van der Waals surface area contributed by atoms with E-state index in [1.165, 1.54) is 22.4 Å². The summed E-state index contributed by atoms with van der Waals surface area (Å²) in [5, 5.41) is 5.15. The Kier molecular flexibility index (Phi) is 2.96. The third kappa shape index (κ3) is 2.09.